The standard InChI is InChI=1S/C14H20F3N2O4.3C4H9.Sn/c1-6-7-9(11(21)23-13(3,4)5)19-10(20)8(2)18-12(22)14(15,16)17;3*1-3-4-2;/h8-9H,1,7H2,2-5H3,(H,18,22)(H,19,20);3*1,3-4H2,2H3;/t8-,9?;;;;/m0..../s1. The molecule has 6 nitrogen and oxygen atoms in total. The molecule has 0 aromatic rings. The van der Waals surface area contributed by atoms with Gasteiger partial charge in [0.25, 0.3) is 0 Å². The number of halogens is 3. The van der Waals surface area contributed by atoms with Crippen LogP contribution in [0.1, 0.15) is 93.4 Å². The fourth-order valence-corrected chi connectivity index (χ4v) is 19.9. The van der Waals surface area contributed by atoms with E-state index >= 15 is 0 Å². The zero-order valence-corrected chi connectivity index (χ0v) is 26.1. The van der Waals surface area contributed by atoms with E-state index in [1.54, 1.807) is 26.1 Å². The normalized spacial score (nSPS) is 14.1. The number of nitrogens with one attached hydrogen (secondary N) is 2. The summed E-state index contributed by atoms with van der Waals surface area (Å²) in [5, 5.41) is 4.19. The van der Waals surface area contributed by atoms with Gasteiger partial charge in [0.15, 0.2) is 0 Å². The van der Waals surface area contributed by atoms with Gasteiger partial charge < -0.3 is 0 Å². The summed E-state index contributed by atoms with van der Waals surface area (Å²) in [6, 6.07) is -2.57. The van der Waals surface area contributed by atoms with E-state index in [9.17, 15) is 27.6 Å². The molecule has 0 aliphatic heterocycles. The van der Waals surface area contributed by atoms with Gasteiger partial charge in [0.1, 0.15) is 0 Å². The second-order valence-corrected chi connectivity index (χ2v) is 24.3. The molecule has 0 saturated heterocycles. The second kappa shape index (κ2) is 15.9. The quantitative estimate of drug-likeness (QED) is 0.157. The van der Waals surface area contributed by atoms with Crippen LogP contribution in [0.15, 0.2) is 10.2 Å². The number of unbranched alkanes of at least 4 members (excludes halogenated alkanes) is 3. The Labute approximate surface area is 219 Å². The van der Waals surface area contributed by atoms with E-state index in [0.29, 0.717) is 0 Å². The molecule has 0 aromatic heterocycles. The summed E-state index contributed by atoms with van der Waals surface area (Å²) in [7, 11) is 0. The molecule has 0 aliphatic carbocycles. The van der Waals surface area contributed by atoms with Crippen molar-refractivity contribution < 1.29 is 32.3 Å². The van der Waals surface area contributed by atoms with Gasteiger partial charge in [-0.05, 0) is 0 Å². The molecule has 1 unspecified atom stereocenters. The third kappa shape index (κ3) is 12.8. The molecule has 0 saturated carbocycles. The van der Waals surface area contributed by atoms with E-state index < -0.39 is 60.0 Å². The van der Waals surface area contributed by atoms with Crippen LogP contribution in [0.25, 0.3) is 0 Å². The fourth-order valence-electron chi connectivity index (χ4n) is 4.12. The van der Waals surface area contributed by atoms with Gasteiger partial charge in [0.05, 0.1) is 0 Å². The molecule has 0 aliphatic rings. The first kappa shape index (κ1) is 34.7. The van der Waals surface area contributed by atoms with E-state index in [1.807, 2.05) is 0 Å². The molecule has 2 N–H and O–H groups in total. The van der Waals surface area contributed by atoms with E-state index in [-0.39, 0.29) is 6.42 Å². The Morgan fingerprint density at radius 1 is 0.889 bits per heavy atom. The average molecular weight is 627 g/mol. The Hall–Kier alpha value is -1.26. The van der Waals surface area contributed by atoms with Crippen LogP contribution in [0.4, 0.5) is 13.2 Å². The zero-order valence-electron chi connectivity index (χ0n) is 23.2. The van der Waals surface area contributed by atoms with Crippen molar-refractivity contribution in [2.45, 2.75) is 131 Å². The first-order chi connectivity index (χ1) is 16.5. The first-order valence-electron chi connectivity index (χ1n) is 13.1. The van der Waals surface area contributed by atoms with Gasteiger partial charge in [-0.2, -0.15) is 0 Å². The van der Waals surface area contributed by atoms with Gasteiger partial charge in [0.2, 0.25) is 0 Å². The molecule has 0 heterocycles. The molecule has 10 heteroatoms. The van der Waals surface area contributed by atoms with E-state index in [4.69, 9.17) is 4.74 Å². The molecule has 0 bridgehead atoms. The summed E-state index contributed by atoms with van der Waals surface area (Å²) in [6.07, 6.45) is 1.55. The van der Waals surface area contributed by atoms with Crippen molar-refractivity contribution in [2.75, 3.05) is 0 Å². The van der Waals surface area contributed by atoms with Crippen LogP contribution in [-0.4, -0.2) is 60.0 Å². The van der Waals surface area contributed by atoms with Gasteiger partial charge >= 0.3 is 220 Å². The molecule has 2 amide bonds. The van der Waals surface area contributed by atoms with Gasteiger partial charge in [-0.25, -0.2) is 0 Å². The van der Waals surface area contributed by atoms with Crippen molar-refractivity contribution in [3.05, 3.63) is 10.2 Å². The Morgan fingerprint density at radius 3 is 1.69 bits per heavy atom. The molecule has 2 atom stereocenters. The third-order valence-electron chi connectivity index (χ3n) is 6.23. The number of esters is 1. The van der Waals surface area contributed by atoms with Crippen LogP contribution in [0, 0.1) is 0 Å². The van der Waals surface area contributed by atoms with Gasteiger partial charge in [-0.1, -0.05) is 0 Å². The number of rotatable bonds is 16. The number of alkyl halides is 3. The summed E-state index contributed by atoms with van der Waals surface area (Å²) < 4.78 is 47.9. The summed E-state index contributed by atoms with van der Waals surface area (Å²) in [4.78, 5) is 37.1. The van der Waals surface area contributed by atoms with Crippen molar-refractivity contribution in [1.82, 2.24) is 10.6 Å². The molecule has 210 valence electrons. The molecule has 0 fully saturated rings. The number of carbonyl (C=O) groups is 3. The molecule has 0 rings (SSSR count). The van der Waals surface area contributed by atoms with E-state index in [0.717, 1.165) is 62.3 Å². The molecule has 0 spiro atoms. The van der Waals surface area contributed by atoms with Crippen LogP contribution in [0.3, 0.4) is 0 Å². The number of amides is 2. The monoisotopic (exact) mass is 628 g/mol. The van der Waals surface area contributed by atoms with Crippen LogP contribution >= 0.6 is 0 Å². The van der Waals surface area contributed by atoms with Gasteiger partial charge in [0, 0.05) is 0 Å². The van der Waals surface area contributed by atoms with Crippen LogP contribution in [0.2, 0.25) is 13.3 Å². The van der Waals surface area contributed by atoms with Crippen LogP contribution < -0.4 is 10.6 Å². The van der Waals surface area contributed by atoms with Crippen LogP contribution in [0.5, 0.6) is 0 Å². The Morgan fingerprint density at radius 2 is 1.33 bits per heavy atom. The number of hydrogen-bond donors (Lipinski definition) is 2. The van der Waals surface area contributed by atoms with E-state index in [2.05, 4.69) is 32.7 Å². The maximum atomic E-state index is 13.1. The summed E-state index contributed by atoms with van der Waals surface area (Å²) in [6.45, 7) is 17.2. The van der Waals surface area contributed by atoms with Crippen molar-refractivity contribution in [1.29, 1.82) is 0 Å². The van der Waals surface area contributed by atoms with E-state index in [1.165, 1.54) is 0 Å². The van der Waals surface area contributed by atoms with Crippen molar-refractivity contribution >= 4 is 36.2 Å². The molecule has 0 radical (unpaired) electrons. The zero-order chi connectivity index (χ0) is 28.2. The second-order valence-electron chi connectivity index (χ2n) is 10.7. The Bertz CT molecular complexity index is 714. The minimum atomic E-state index is -5.11. The predicted molar refractivity (Wildman–Crippen MR) is 140 cm³/mol. The third-order valence-corrected chi connectivity index (χ3v) is 22.3. The molecular formula is C26H47F3N2O4Sn. The van der Waals surface area contributed by atoms with Gasteiger partial charge in [-0.15, -0.1) is 0 Å². The van der Waals surface area contributed by atoms with Gasteiger partial charge in [-0.3, -0.25) is 0 Å². The summed E-state index contributed by atoms with van der Waals surface area (Å²) in [5.74, 6) is -3.75. The predicted octanol–water partition coefficient (Wildman–Crippen LogP) is 6.21. The SMILES string of the molecule is C=[C](CC(NC(=O)[C@H](C)NC(=O)C(F)(F)F)C(=O)OC(C)(C)C)[Sn]([CH2]CCC)([CH2]CCC)[CH2]CCC. The fraction of sp³-hybridized carbons (Fsp3) is 0.808. The maximum absolute atomic E-state index is 13.1. The summed E-state index contributed by atoms with van der Waals surface area (Å²) >= 11 is -2.96. The number of carbonyl (C=O) groups excluding carboxylic acids is 3. The van der Waals surface area contributed by atoms with Crippen molar-refractivity contribution in [3.8, 4) is 0 Å². The van der Waals surface area contributed by atoms with Crippen molar-refractivity contribution in [2.24, 2.45) is 0 Å². The average Bonchev–Trinajstić information content (AvgIpc) is 2.76. The molecule has 36 heavy (non-hydrogen) atoms. The van der Waals surface area contributed by atoms with Crippen molar-refractivity contribution in [3.63, 3.8) is 0 Å². The number of hydrogen-bond acceptors (Lipinski definition) is 4. The molecular weight excluding hydrogens is 580 g/mol. The Balaban J connectivity index is 5.96. The Kier molecular flexibility index (Phi) is 15.3. The van der Waals surface area contributed by atoms with Crippen LogP contribution in [-0.2, 0) is 19.1 Å². The topological polar surface area (TPSA) is 84.5 Å². The minimum absolute atomic E-state index is 0.202. The first-order valence-corrected chi connectivity index (χ1v) is 20.6. The summed E-state index contributed by atoms with van der Waals surface area (Å²) in [5.41, 5.74) is -0.815. The number of ether oxygens (including phenoxy) is 1. The molecule has 0 aromatic carbocycles.